The molecule has 1 aliphatic rings. The Hall–Kier alpha value is -1.04. The van der Waals surface area contributed by atoms with Crippen LogP contribution in [-0.2, 0) is 11.3 Å². The second-order valence-corrected chi connectivity index (χ2v) is 3.65. The minimum Gasteiger partial charge on any atom is -0.468 e. The van der Waals surface area contributed by atoms with Gasteiger partial charge in [0.25, 0.3) is 5.23 Å². The highest BCUT2D eigenvalue weighted by Gasteiger charge is 2.13. The number of hydrogen-bond acceptors (Lipinski definition) is 4. The Balaban J connectivity index is 2.37. The van der Waals surface area contributed by atoms with Crippen LogP contribution in [0.1, 0.15) is 5.56 Å². The number of rotatable bonds is 1. The lowest BCUT2D eigenvalue weighted by Crippen LogP contribution is -2.73. The molecule has 0 unspecified atom stereocenters. The molecule has 4 nitrogen and oxygen atoms in total. The average molecular weight is 211 g/mol. The number of benzene rings is 1. The molecule has 74 valence electrons. The largest absolute Gasteiger partial charge is 0.468 e. The van der Waals surface area contributed by atoms with E-state index < -0.39 is 0 Å². The Morgan fingerprint density at radius 1 is 1.57 bits per heavy atom. The van der Waals surface area contributed by atoms with Crippen LogP contribution in [0.3, 0.4) is 0 Å². The fourth-order valence-electron chi connectivity index (χ4n) is 1.29. The molecular weight excluding hydrogens is 200 g/mol. The minimum atomic E-state index is 0.524. The van der Waals surface area contributed by atoms with Crippen LogP contribution in [0, 0.1) is 0 Å². The Bertz CT molecular complexity index is 379. The molecule has 1 aromatic rings. The van der Waals surface area contributed by atoms with Crippen molar-refractivity contribution in [1.29, 1.82) is 0 Å². The zero-order valence-corrected chi connectivity index (χ0v) is 8.54. The number of quaternary nitrogens is 1. The molecule has 3 N–H and O–H groups in total. The lowest BCUT2D eigenvalue weighted by molar-refractivity contribution is -0.825. The molecule has 0 saturated carbocycles. The molecular formula is C9H11N2O2S+. The molecule has 0 aromatic heterocycles. The molecule has 0 atom stereocenters. The predicted octanol–water partition coefficient (Wildman–Crippen LogP) is 1.15. The molecule has 1 heterocycles. The number of nitrogens with two attached hydrogens (primary N) is 1. The second kappa shape index (κ2) is 4.00. The van der Waals surface area contributed by atoms with Crippen molar-refractivity contribution in [3.05, 3.63) is 23.8 Å². The van der Waals surface area contributed by atoms with Gasteiger partial charge in [-0.1, -0.05) is 11.8 Å². The van der Waals surface area contributed by atoms with Crippen molar-refractivity contribution in [2.24, 2.45) is 4.99 Å². The first-order valence-electron chi connectivity index (χ1n) is 4.19. The predicted molar refractivity (Wildman–Crippen MR) is 55.2 cm³/mol. The molecule has 0 amide bonds. The van der Waals surface area contributed by atoms with Gasteiger partial charge in [0, 0.05) is 17.7 Å². The molecule has 5 heteroatoms. The third-order valence-electron chi connectivity index (χ3n) is 1.99. The van der Waals surface area contributed by atoms with Crippen molar-refractivity contribution < 1.29 is 15.4 Å². The summed E-state index contributed by atoms with van der Waals surface area (Å²) < 4.78 is 5.37. The topological polar surface area (TPSA) is 58.4 Å². The van der Waals surface area contributed by atoms with Gasteiger partial charge in [-0.2, -0.15) is 5.48 Å². The molecule has 14 heavy (non-hydrogen) atoms. The number of nitrogens with zero attached hydrogens (tertiary/aromatic N) is 1. The van der Waals surface area contributed by atoms with Crippen LogP contribution in [0.15, 0.2) is 23.2 Å². The third-order valence-corrected chi connectivity index (χ3v) is 2.55. The normalized spacial score (nSPS) is 14.3. The van der Waals surface area contributed by atoms with Gasteiger partial charge in [-0.15, -0.1) is 0 Å². The summed E-state index contributed by atoms with van der Waals surface area (Å²) in [6, 6.07) is 5.58. The zero-order chi connectivity index (χ0) is 9.97. The van der Waals surface area contributed by atoms with Gasteiger partial charge < -0.3 is 4.74 Å². The van der Waals surface area contributed by atoms with E-state index in [1.807, 2.05) is 24.5 Å². The summed E-state index contributed by atoms with van der Waals surface area (Å²) in [6.07, 6.45) is 1.93. The van der Waals surface area contributed by atoms with E-state index in [0.29, 0.717) is 11.8 Å². The Morgan fingerprint density at radius 2 is 2.43 bits per heavy atom. The van der Waals surface area contributed by atoms with Crippen molar-refractivity contribution in [3.8, 4) is 0 Å². The smallest absolute Gasteiger partial charge is 0.251 e. The number of hydrogen-bond donors (Lipinski definition) is 2. The van der Waals surface area contributed by atoms with Crippen molar-refractivity contribution in [2.75, 3.05) is 6.26 Å². The number of thioether (sulfide) groups is 1. The van der Waals surface area contributed by atoms with Gasteiger partial charge in [0.05, 0.1) is 5.69 Å². The maximum atomic E-state index is 8.83. The van der Waals surface area contributed by atoms with Gasteiger partial charge in [0.2, 0.25) is 0 Å². The third kappa shape index (κ3) is 1.75. The molecule has 0 aliphatic carbocycles. The number of aliphatic imine (C=N–C) groups is 1. The van der Waals surface area contributed by atoms with Crippen LogP contribution in [0.4, 0.5) is 11.4 Å². The van der Waals surface area contributed by atoms with Gasteiger partial charge in [0.1, 0.15) is 6.61 Å². The fraction of sp³-hybridized carbons (Fsp3) is 0.222. The summed E-state index contributed by atoms with van der Waals surface area (Å²) in [6.45, 7) is 0.524. The molecule has 0 fully saturated rings. The molecule has 1 aromatic carbocycles. The number of ether oxygens (including phenoxy) is 1. The first-order chi connectivity index (χ1) is 6.83. The van der Waals surface area contributed by atoms with E-state index in [1.165, 1.54) is 11.8 Å². The zero-order valence-electron chi connectivity index (χ0n) is 7.73. The summed E-state index contributed by atoms with van der Waals surface area (Å²) in [4.78, 5) is 4.30. The van der Waals surface area contributed by atoms with E-state index in [9.17, 15) is 0 Å². The lowest BCUT2D eigenvalue weighted by atomic mass is 10.1. The van der Waals surface area contributed by atoms with Gasteiger partial charge in [0.15, 0.2) is 5.69 Å². The highest BCUT2D eigenvalue weighted by Crippen LogP contribution is 2.27. The summed E-state index contributed by atoms with van der Waals surface area (Å²) >= 11 is 1.49. The summed E-state index contributed by atoms with van der Waals surface area (Å²) in [5.74, 6) is 0. The summed E-state index contributed by atoms with van der Waals surface area (Å²) in [5, 5.41) is 9.52. The molecule has 1 aliphatic heterocycles. The Kier molecular flexibility index (Phi) is 2.72. The Morgan fingerprint density at radius 3 is 3.14 bits per heavy atom. The standard InChI is InChI=1S/C9H10N2O2S/c1-14-9-10-8-3-2-7(11-12)4-6(8)5-13-9/h2-4,11-12H,5H2,1H3/p+1. The summed E-state index contributed by atoms with van der Waals surface area (Å²) in [7, 11) is 0. The van der Waals surface area contributed by atoms with Gasteiger partial charge in [-0.05, 0) is 12.3 Å². The van der Waals surface area contributed by atoms with E-state index in [0.717, 1.165) is 22.4 Å². The molecule has 0 spiro atoms. The number of fused-ring (bicyclic) bond motifs is 1. The van der Waals surface area contributed by atoms with Crippen LogP contribution >= 0.6 is 11.8 Å². The minimum absolute atomic E-state index is 0.524. The molecule has 0 saturated heterocycles. The molecule has 0 radical (unpaired) electrons. The molecule has 2 rings (SSSR count). The van der Waals surface area contributed by atoms with Gasteiger partial charge in [-0.3, -0.25) is 0 Å². The maximum absolute atomic E-state index is 8.83. The van der Waals surface area contributed by atoms with E-state index in [-0.39, 0.29) is 0 Å². The lowest BCUT2D eigenvalue weighted by Gasteiger charge is -2.14. The molecule has 0 bridgehead atoms. The fourth-order valence-corrected chi connectivity index (χ4v) is 1.65. The van der Waals surface area contributed by atoms with E-state index in [4.69, 9.17) is 9.94 Å². The van der Waals surface area contributed by atoms with Crippen molar-refractivity contribution in [3.63, 3.8) is 0 Å². The van der Waals surface area contributed by atoms with Crippen LogP contribution in [0.5, 0.6) is 0 Å². The SMILES string of the molecule is CSC1=Nc2ccc([NH2+]O)cc2CO1. The van der Waals surface area contributed by atoms with Crippen LogP contribution < -0.4 is 5.48 Å². The van der Waals surface area contributed by atoms with E-state index in [1.54, 1.807) is 0 Å². The van der Waals surface area contributed by atoms with Crippen molar-refractivity contribution in [1.82, 2.24) is 0 Å². The van der Waals surface area contributed by atoms with Gasteiger partial charge in [-0.25, -0.2) is 10.2 Å². The van der Waals surface area contributed by atoms with Crippen LogP contribution in [-0.4, -0.2) is 16.7 Å². The average Bonchev–Trinajstić information content (AvgIpc) is 2.27. The van der Waals surface area contributed by atoms with Crippen molar-refractivity contribution in [2.45, 2.75) is 6.61 Å². The first kappa shape index (κ1) is 9.51. The Labute approximate surface area is 86.0 Å². The van der Waals surface area contributed by atoms with E-state index in [2.05, 4.69) is 4.99 Å². The van der Waals surface area contributed by atoms with Crippen molar-refractivity contribution >= 4 is 28.4 Å². The highest BCUT2D eigenvalue weighted by atomic mass is 32.2. The monoisotopic (exact) mass is 211 g/mol. The van der Waals surface area contributed by atoms with Crippen LogP contribution in [0.25, 0.3) is 0 Å². The van der Waals surface area contributed by atoms with Gasteiger partial charge >= 0.3 is 0 Å². The first-order valence-corrected chi connectivity index (χ1v) is 5.42. The van der Waals surface area contributed by atoms with E-state index >= 15 is 0 Å². The van der Waals surface area contributed by atoms with Crippen LogP contribution in [0.2, 0.25) is 0 Å². The quantitative estimate of drug-likeness (QED) is 0.541. The highest BCUT2D eigenvalue weighted by molar-refractivity contribution is 8.12. The maximum Gasteiger partial charge on any atom is 0.251 e. The second-order valence-electron chi connectivity index (χ2n) is 2.89. The summed E-state index contributed by atoms with van der Waals surface area (Å²) in [5.41, 5.74) is 3.78.